The van der Waals surface area contributed by atoms with Crippen molar-refractivity contribution in [2.75, 3.05) is 13.7 Å². The van der Waals surface area contributed by atoms with E-state index in [-0.39, 0.29) is 5.56 Å². The molecule has 8 heteroatoms. The lowest BCUT2D eigenvalue weighted by Gasteiger charge is -2.07. The van der Waals surface area contributed by atoms with Crippen LogP contribution >= 0.6 is 0 Å². The van der Waals surface area contributed by atoms with Gasteiger partial charge >= 0.3 is 5.63 Å². The highest BCUT2D eigenvalue weighted by Gasteiger charge is 2.15. The molecule has 0 atom stereocenters. The van der Waals surface area contributed by atoms with E-state index in [4.69, 9.17) is 9.15 Å². The van der Waals surface area contributed by atoms with Crippen molar-refractivity contribution >= 4 is 16.9 Å². The molecule has 8 nitrogen and oxygen atoms in total. The first-order valence-corrected chi connectivity index (χ1v) is 8.97. The first-order valence-electron chi connectivity index (χ1n) is 8.97. The molecule has 0 saturated heterocycles. The molecule has 1 N–H and O–H groups in total. The van der Waals surface area contributed by atoms with Crippen molar-refractivity contribution < 1.29 is 13.9 Å². The topological polar surface area (TPSA) is 99.2 Å². The molecule has 4 rings (SSSR count). The van der Waals surface area contributed by atoms with Gasteiger partial charge < -0.3 is 14.5 Å². The highest BCUT2D eigenvalue weighted by Crippen LogP contribution is 2.24. The molecular formula is C21H18N4O4. The van der Waals surface area contributed by atoms with E-state index in [9.17, 15) is 9.59 Å². The summed E-state index contributed by atoms with van der Waals surface area (Å²) in [6, 6.07) is 10.5. The van der Waals surface area contributed by atoms with E-state index in [1.54, 1.807) is 41.5 Å². The summed E-state index contributed by atoms with van der Waals surface area (Å²) < 4.78 is 12.2. The number of nitrogens with one attached hydrogen (secondary N) is 1. The molecule has 0 aliphatic rings. The van der Waals surface area contributed by atoms with Gasteiger partial charge in [0.05, 0.1) is 19.9 Å². The Bertz CT molecular complexity index is 1210. The standard InChI is InChI=1S/C21H18N4O4/c1-28-18-6-2-4-14-10-17(21(27)29-19(14)18)20(26)23-8-9-25-13-16(12-24-25)15-5-3-7-22-11-15/h2-7,10-13H,8-9H2,1H3,(H,23,26). The van der Waals surface area contributed by atoms with E-state index >= 15 is 0 Å². The number of benzene rings is 1. The maximum Gasteiger partial charge on any atom is 0.349 e. The third-order valence-corrected chi connectivity index (χ3v) is 4.44. The molecule has 0 aliphatic carbocycles. The summed E-state index contributed by atoms with van der Waals surface area (Å²) in [5.41, 5.74) is 1.45. The zero-order valence-electron chi connectivity index (χ0n) is 15.7. The predicted octanol–water partition coefficient (Wildman–Crippen LogP) is 2.49. The van der Waals surface area contributed by atoms with E-state index in [2.05, 4.69) is 15.4 Å². The first-order chi connectivity index (χ1) is 14.2. The minimum absolute atomic E-state index is 0.0535. The lowest BCUT2D eigenvalue weighted by molar-refractivity contribution is 0.0948. The minimum Gasteiger partial charge on any atom is -0.493 e. The van der Waals surface area contributed by atoms with E-state index in [0.29, 0.717) is 29.8 Å². The molecule has 29 heavy (non-hydrogen) atoms. The SMILES string of the molecule is COc1cccc2cc(C(=O)NCCn3cc(-c4cccnc4)cn3)c(=O)oc12. The van der Waals surface area contributed by atoms with Crippen LogP contribution in [0.25, 0.3) is 22.1 Å². The fraction of sp³-hybridized carbons (Fsp3) is 0.143. The number of ether oxygens (including phenoxy) is 1. The number of carbonyl (C=O) groups excluding carboxylic acids is 1. The van der Waals surface area contributed by atoms with Gasteiger partial charge in [0.15, 0.2) is 11.3 Å². The largest absolute Gasteiger partial charge is 0.493 e. The third kappa shape index (κ3) is 3.86. The number of hydrogen-bond donors (Lipinski definition) is 1. The van der Waals surface area contributed by atoms with Gasteiger partial charge in [-0.1, -0.05) is 18.2 Å². The molecule has 0 fully saturated rings. The molecule has 0 aliphatic heterocycles. The number of para-hydroxylation sites is 1. The molecule has 1 amide bonds. The molecule has 0 saturated carbocycles. The molecule has 0 bridgehead atoms. The Kier molecular flexibility index (Phi) is 5.07. The Labute approximate surface area is 165 Å². The lowest BCUT2D eigenvalue weighted by Crippen LogP contribution is -2.31. The number of rotatable bonds is 6. The van der Waals surface area contributed by atoms with Crippen molar-refractivity contribution in [1.29, 1.82) is 0 Å². The zero-order chi connectivity index (χ0) is 20.2. The molecule has 1 aromatic carbocycles. The Balaban J connectivity index is 1.43. The van der Waals surface area contributed by atoms with Crippen LogP contribution in [0.3, 0.4) is 0 Å². The fourth-order valence-electron chi connectivity index (χ4n) is 2.98. The van der Waals surface area contributed by atoms with Crippen molar-refractivity contribution in [3.05, 3.63) is 77.2 Å². The Morgan fingerprint density at radius 3 is 2.90 bits per heavy atom. The van der Waals surface area contributed by atoms with Crippen molar-refractivity contribution in [1.82, 2.24) is 20.1 Å². The van der Waals surface area contributed by atoms with Crippen LogP contribution in [0.15, 0.2) is 70.4 Å². The maximum absolute atomic E-state index is 12.4. The van der Waals surface area contributed by atoms with Crippen LogP contribution in [0.5, 0.6) is 5.75 Å². The summed E-state index contributed by atoms with van der Waals surface area (Å²) in [6.07, 6.45) is 7.09. The summed E-state index contributed by atoms with van der Waals surface area (Å²) >= 11 is 0. The van der Waals surface area contributed by atoms with Crippen LogP contribution in [0.2, 0.25) is 0 Å². The molecular weight excluding hydrogens is 372 g/mol. The van der Waals surface area contributed by atoms with Crippen LogP contribution < -0.4 is 15.7 Å². The Morgan fingerprint density at radius 1 is 1.21 bits per heavy atom. The average Bonchev–Trinajstić information content (AvgIpc) is 3.22. The van der Waals surface area contributed by atoms with Gasteiger partial charge in [-0.2, -0.15) is 5.10 Å². The number of nitrogens with zero attached hydrogens (tertiary/aromatic N) is 3. The summed E-state index contributed by atoms with van der Waals surface area (Å²) in [6.45, 7) is 0.765. The second kappa shape index (κ2) is 7.97. The normalized spacial score (nSPS) is 10.8. The summed E-state index contributed by atoms with van der Waals surface area (Å²) in [5.74, 6) is -0.0576. The number of hydrogen-bond acceptors (Lipinski definition) is 6. The molecule has 0 spiro atoms. The highest BCUT2D eigenvalue weighted by atomic mass is 16.5. The van der Waals surface area contributed by atoms with Gasteiger partial charge in [-0.3, -0.25) is 14.5 Å². The summed E-state index contributed by atoms with van der Waals surface area (Å²) in [5, 5.41) is 7.62. The maximum atomic E-state index is 12.4. The second-order valence-electron chi connectivity index (χ2n) is 6.32. The van der Waals surface area contributed by atoms with Gasteiger partial charge in [-0.25, -0.2) is 4.79 Å². The number of amides is 1. The van der Waals surface area contributed by atoms with Gasteiger partial charge in [0.1, 0.15) is 5.56 Å². The molecule has 3 aromatic heterocycles. The van der Waals surface area contributed by atoms with Crippen molar-refractivity contribution in [2.24, 2.45) is 0 Å². The fourth-order valence-corrected chi connectivity index (χ4v) is 2.98. The summed E-state index contributed by atoms with van der Waals surface area (Å²) in [4.78, 5) is 28.8. The van der Waals surface area contributed by atoms with E-state index in [1.807, 2.05) is 18.3 Å². The van der Waals surface area contributed by atoms with Gasteiger partial charge in [-0.15, -0.1) is 0 Å². The monoisotopic (exact) mass is 390 g/mol. The van der Waals surface area contributed by atoms with Gasteiger partial charge in [-0.05, 0) is 18.2 Å². The van der Waals surface area contributed by atoms with Crippen LogP contribution in [0.1, 0.15) is 10.4 Å². The summed E-state index contributed by atoms with van der Waals surface area (Å²) in [7, 11) is 1.49. The van der Waals surface area contributed by atoms with Crippen LogP contribution in [-0.4, -0.2) is 34.3 Å². The number of pyridine rings is 1. The molecule has 146 valence electrons. The number of carbonyl (C=O) groups is 1. The van der Waals surface area contributed by atoms with E-state index < -0.39 is 11.5 Å². The van der Waals surface area contributed by atoms with Crippen molar-refractivity contribution in [2.45, 2.75) is 6.54 Å². The third-order valence-electron chi connectivity index (χ3n) is 4.44. The molecule has 0 unspecified atom stereocenters. The Hall–Kier alpha value is -3.94. The molecule has 3 heterocycles. The lowest BCUT2D eigenvalue weighted by atomic mass is 10.1. The van der Waals surface area contributed by atoms with Gasteiger partial charge in [0.2, 0.25) is 0 Å². The predicted molar refractivity (Wildman–Crippen MR) is 107 cm³/mol. The number of aromatic nitrogens is 3. The second-order valence-corrected chi connectivity index (χ2v) is 6.32. The Morgan fingerprint density at radius 2 is 2.10 bits per heavy atom. The first kappa shape index (κ1) is 18.4. The van der Waals surface area contributed by atoms with Gasteiger partial charge in [0.25, 0.3) is 5.91 Å². The minimum atomic E-state index is -0.711. The number of methoxy groups -OCH3 is 1. The van der Waals surface area contributed by atoms with Crippen LogP contribution in [0.4, 0.5) is 0 Å². The highest BCUT2D eigenvalue weighted by molar-refractivity contribution is 5.97. The van der Waals surface area contributed by atoms with Gasteiger partial charge in [0, 0.05) is 41.6 Å². The van der Waals surface area contributed by atoms with E-state index in [1.165, 1.54) is 13.2 Å². The van der Waals surface area contributed by atoms with E-state index in [0.717, 1.165) is 11.1 Å². The molecule has 4 aromatic rings. The van der Waals surface area contributed by atoms with Crippen LogP contribution in [-0.2, 0) is 6.54 Å². The smallest absolute Gasteiger partial charge is 0.349 e. The van der Waals surface area contributed by atoms with Crippen molar-refractivity contribution in [3.8, 4) is 16.9 Å². The molecule has 0 radical (unpaired) electrons. The average molecular weight is 390 g/mol. The number of fused-ring (bicyclic) bond motifs is 1. The van der Waals surface area contributed by atoms with Crippen molar-refractivity contribution in [3.63, 3.8) is 0 Å². The quantitative estimate of drug-likeness (QED) is 0.508. The van der Waals surface area contributed by atoms with Crippen LogP contribution in [0, 0.1) is 0 Å². The zero-order valence-corrected chi connectivity index (χ0v) is 15.7.